The van der Waals surface area contributed by atoms with E-state index in [1.165, 1.54) is 74.0 Å². The molecule has 2 N–H and O–H groups in total. The first-order valence-corrected chi connectivity index (χ1v) is 9.96. The molecule has 0 aromatic carbocycles. The lowest BCUT2D eigenvalue weighted by Gasteiger charge is -2.12. The van der Waals surface area contributed by atoms with Crippen molar-refractivity contribution < 1.29 is 0 Å². The Labute approximate surface area is 147 Å². The maximum Gasteiger partial charge on any atom is 0.178 e. The van der Waals surface area contributed by atoms with Crippen molar-refractivity contribution in [2.24, 2.45) is 11.8 Å². The number of H-pyrrole nitrogens is 2. The van der Waals surface area contributed by atoms with Gasteiger partial charge in [-0.2, -0.15) is 0 Å². The van der Waals surface area contributed by atoms with Gasteiger partial charge in [0.1, 0.15) is 0 Å². The van der Waals surface area contributed by atoms with E-state index >= 15 is 0 Å². The van der Waals surface area contributed by atoms with Crippen LogP contribution in [0.4, 0.5) is 0 Å². The zero-order valence-electron chi connectivity index (χ0n) is 15.0. The van der Waals surface area contributed by atoms with E-state index in [9.17, 15) is 0 Å². The van der Waals surface area contributed by atoms with Gasteiger partial charge in [0, 0.05) is 23.5 Å². The number of rotatable bonds is 6. The summed E-state index contributed by atoms with van der Waals surface area (Å²) < 4.78 is 0. The normalized spacial score (nSPS) is 24.7. The third-order valence-electron chi connectivity index (χ3n) is 6.26. The molecule has 2 unspecified atom stereocenters. The van der Waals surface area contributed by atoms with E-state index in [1.54, 1.807) is 0 Å². The molecule has 2 saturated carbocycles. The van der Waals surface area contributed by atoms with Crippen molar-refractivity contribution >= 4 is 12.9 Å². The largest absolute Gasteiger partial charge is 0.371 e. The lowest BCUT2D eigenvalue weighted by Crippen LogP contribution is -2.22. The Morgan fingerprint density at radius 1 is 0.875 bits per heavy atom. The molecule has 0 bridgehead atoms. The van der Waals surface area contributed by atoms with Crippen molar-refractivity contribution in [1.82, 2.24) is 9.97 Å². The average molecular weight is 321 g/mol. The Hall–Kier alpha value is -1.38. The molecule has 1 radical (unpaired) electrons. The predicted molar refractivity (Wildman–Crippen MR) is 102 cm³/mol. The van der Waals surface area contributed by atoms with E-state index in [0.29, 0.717) is 0 Å². The molecular formula is C21H30BN2. The first kappa shape index (κ1) is 16.1. The second-order valence-electron chi connectivity index (χ2n) is 8.22. The third kappa shape index (κ3) is 3.82. The molecule has 2 aromatic rings. The molecule has 2 atom stereocenters. The van der Waals surface area contributed by atoms with Crippen LogP contribution in [0.25, 0.3) is 0 Å². The summed E-state index contributed by atoms with van der Waals surface area (Å²) in [6, 6.07) is 9.07. The van der Waals surface area contributed by atoms with E-state index in [1.807, 2.05) is 0 Å². The Morgan fingerprint density at radius 2 is 1.62 bits per heavy atom. The molecule has 2 heterocycles. The summed E-state index contributed by atoms with van der Waals surface area (Å²) in [5, 5.41) is 0. The van der Waals surface area contributed by atoms with Gasteiger partial charge in [-0.3, -0.25) is 0 Å². The van der Waals surface area contributed by atoms with E-state index in [0.717, 1.165) is 24.1 Å². The summed E-state index contributed by atoms with van der Waals surface area (Å²) in [7, 11) is 2.46. The van der Waals surface area contributed by atoms with Crippen molar-refractivity contribution in [2.75, 3.05) is 0 Å². The number of aromatic nitrogens is 2. The van der Waals surface area contributed by atoms with Crippen LogP contribution in [0.5, 0.6) is 0 Å². The van der Waals surface area contributed by atoms with Crippen LogP contribution < -0.4 is 5.59 Å². The van der Waals surface area contributed by atoms with Crippen molar-refractivity contribution in [3.05, 3.63) is 41.3 Å². The summed E-state index contributed by atoms with van der Waals surface area (Å²) in [5.74, 6) is 2.52. The van der Waals surface area contributed by atoms with Gasteiger partial charge in [-0.15, -0.1) is 0 Å². The molecule has 4 rings (SSSR count). The van der Waals surface area contributed by atoms with Crippen molar-refractivity contribution in [3.63, 3.8) is 0 Å². The average Bonchev–Trinajstić information content (AvgIpc) is 3.33. The molecule has 2 aromatic heterocycles. The van der Waals surface area contributed by atoms with Gasteiger partial charge in [0.25, 0.3) is 0 Å². The SMILES string of the molecule is CC1CCCC1[B]c1ccc(Cc2ccc(CC3CCCC3)[nH]2)[nH]1. The molecule has 0 spiro atoms. The molecule has 0 saturated heterocycles. The van der Waals surface area contributed by atoms with Gasteiger partial charge >= 0.3 is 0 Å². The summed E-state index contributed by atoms with van der Waals surface area (Å²) in [6.07, 6.45) is 12.1. The van der Waals surface area contributed by atoms with Crippen molar-refractivity contribution in [3.8, 4) is 0 Å². The number of aromatic amines is 2. The minimum Gasteiger partial charge on any atom is -0.371 e. The molecule has 0 aliphatic heterocycles. The van der Waals surface area contributed by atoms with Crippen LogP contribution in [0.2, 0.25) is 5.82 Å². The Kier molecular flexibility index (Phi) is 4.87. The van der Waals surface area contributed by atoms with Crippen LogP contribution in [0.3, 0.4) is 0 Å². The van der Waals surface area contributed by atoms with E-state index in [4.69, 9.17) is 0 Å². The van der Waals surface area contributed by atoms with E-state index in [-0.39, 0.29) is 0 Å². The van der Waals surface area contributed by atoms with Gasteiger partial charge in [-0.1, -0.05) is 63.8 Å². The molecule has 2 fully saturated rings. The van der Waals surface area contributed by atoms with E-state index in [2.05, 4.69) is 48.4 Å². The van der Waals surface area contributed by atoms with Crippen molar-refractivity contribution in [1.29, 1.82) is 0 Å². The molecule has 2 aliphatic carbocycles. The second kappa shape index (κ2) is 7.25. The lowest BCUT2D eigenvalue weighted by molar-refractivity contribution is 0.540. The van der Waals surface area contributed by atoms with Crippen LogP contribution in [-0.2, 0) is 12.8 Å². The highest BCUT2D eigenvalue weighted by molar-refractivity contribution is 6.54. The van der Waals surface area contributed by atoms with E-state index < -0.39 is 0 Å². The summed E-state index contributed by atoms with van der Waals surface area (Å²) in [4.78, 5) is 7.26. The summed E-state index contributed by atoms with van der Waals surface area (Å²) in [5.41, 5.74) is 5.39. The minimum absolute atomic E-state index is 0.764. The second-order valence-corrected chi connectivity index (χ2v) is 8.22. The summed E-state index contributed by atoms with van der Waals surface area (Å²) in [6.45, 7) is 2.39. The Bertz CT molecular complexity index is 650. The molecule has 127 valence electrons. The number of hydrogen-bond acceptors (Lipinski definition) is 0. The van der Waals surface area contributed by atoms with Gasteiger partial charge < -0.3 is 9.97 Å². The zero-order valence-corrected chi connectivity index (χ0v) is 15.0. The molecule has 2 nitrogen and oxygen atoms in total. The first-order valence-electron chi connectivity index (χ1n) is 9.96. The van der Waals surface area contributed by atoms with Gasteiger partial charge in [0.05, 0.1) is 0 Å². The molecule has 0 amide bonds. The van der Waals surface area contributed by atoms with Gasteiger partial charge in [-0.05, 0) is 42.0 Å². The fourth-order valence-corrected chi connectivity index (χ4v) is 4.76. The maximum absolute atomic E-state index is 3.65. The predicted octanol–water partition coefficient (Wildman–Crippen LogP) is 4.60. The molecule has 3 heteroatoms. The quantitative estimate of drug-likeness (QED) is 0.729. The molecule has 24 heavy (non-hydrogen) atoms. The Morgan fingerprint density at radius 3 is 2.42 bits per heavy atom. The summed E-state index contributed by atoms with van der Waals surface area (Å²) >= 11 is 0. The monoisotopic (exact) mass is 321 g/mol. The highest BCUT2D eigenvalue weighted by atomic mass is 14.8. The van der Waals surface area contributed by atoms with Gasteiger partial charge in [0.15, 0.2) is 7.28 Å². The van der Waals surface area contributed by atoms with Crippen LogP contribution in [-0.4, -0.2) is 17.2 Å². The van der Waals surface area contributed by atoms with Crippen LogP contribution in [0, 0.1) is 11.8 Å². The zero-order chi connectivity index (χ0) is 16.4. The standard InChI is InChI=1S/C21H30BN2/c1-15-5-4-8-20(15)22-21-12-11-19(24-21)14-18-10-9-17(23-18)13-16-6-2-3-7-16/h9-12,15-16,20,23-24H,2-8,13-14H2,1H3. The third-order valence-corrected chi connectivity index (χ3v) is 6.26. The highest BCUT2D eigenvalue weighted by Crippen LogP contribution is 2.35. The van der Waals surface area contributed by atoms with Gasteiger partial charge in [-0.25, -0.2) is 0 Å². The van der Waals surface area contributed by atoms with Crippen LogP contribution in [0.1, 0.15) is 69.0 Å². The smallest absolute Gasteiger partial charge is 0.178 e. The molecular weight excluding hydrogens is 291 g/mol. The Balaban J connectivity index is 1.33. The maximum atomic E-state index is 3.65. The lowest BCUT2D eigenvalue weighted by atomic mass is 9.58. The van der Waals surface area contributed by atoms with Crippen LogP contribution >= 0.6 is 0 Å². The number of nitrogens with one attached hydrogen (secondary N) is 2. The fourth-order valence-electron chi connectivity index (χ4n) is 4.76. The first-order chi connectivity index (χ1) is 11.8. The fraction of sp³-hybridized carbons (Fsp3) is 0.619. The minimum atomic E-state index is 0.764. The van der Waals surface area contributed by atoms with Crippen LogP contribution in [0.15, 0.2) is 24.3 Å². The number of hydrogen-bond donors (Lipinski definition) is 2. The molecule has 2 aliphatic rings. The topological polar surface area (TPSA) is 31.6 Å². The highest BCUT2D eigenvalue weighted by Gasteiger charge is 2.24. The van der Waals surface area contributed by atoms with Crippen molar-refractivity contribution in [2.45, 2.75) is 70.5 Å². The van der Waals surface area contributed by atoms with Gasteiger partial charge in [0.2, 0.25) is 0 Å².